The van der Waals surface area contributed by atoms with Gasteiger partial charge in [-0.15, -0.1) is 0 Å². The molecule has 0 fully saturated rings. The highest BCUT2D eigenvalue weighted by Crippen LogP contribution is 2.07. The van der Waals surface area contributed by atoms with Crippen LogP contribution in [0.5, 0.6) is 0 Å². The fourth-order valence-corrected chi connectivity index (χ4v) is 1.65. The van der Waals surface area contributed by atoms with Gasteiger partial charge in [0.15, 0.2) is 0 Å². The molecule has 0 spiro atoms. The van der Waals surface area contributed by atoms with E-state index in [2.05, 4.69) is 39.5 Å². The lowest BCUT2D eigenvalue weighted by Gasteiger charge is -2.32. The zero-order valence-electron chi connectivity index (χ0n) is 10.0. The summed E-state index contributed by atoms with van der Waals surface area (Å²) in [5, 5.41) is 0. The second kappa shape index (κ2) is 6.39. The quantitative estimate of drug-likeness (QED) is 0.633. The van der Waals surface area contributed by atoms with Crippen molar-refractivity contribution in [1.29, 1.82) is 0 Å². The van der Waals surface area contributed by atoms with E-state index in [0.29, 0.717) is 18.2 Å². The van der Waals surface area contributed by atoms with Gasteiger partial charge in [0.1, 0.15) is 0 Å². The Hall–Kier alpha value is -0.0800. The minimum atomic E-state index is 0.342. The third-order valence-electron chi connectivity index (χ3n) is 2.25. The van der Waals surface area contributed by atoms with Crippen molar-refractivity contribution >= 4 is 0 Å². The first-order chi connectivity index (χ1) is 5.99. The van der Waals surface area contributed by atoms with Crippen LogP contribution in [0.2, 0.25) is 0 Å². The Morgan fingerprint density at radius 1 is 1.00 bits per heavy atom. The summed E-state index contributed by atoms with van der Waals surface area (Å²) in [7, 11) is 0. The molecular formula is C11H25NO. The smallest absolute Gasteiger partial charge is 0.0673 e. The maximum Gasteiger partial charge on any atom is 0.0673 e. The Bertz CT molecular complexity index is 115. The molecule has 0 aliphatic heterocycles. The molecule has 0 radical (unpaired) electrons. The second-order valence-corrected chi connectivity index (χ2v) is 4.15. The van der Waals surface area contributed by atoms with E-state index < -0.39 is 0 Å². The maximum atomic E-state index is 5.53. The molecule has 0 aromatic carbocycles. The number of hydrogen-bond acceptors (Lipinski definition) is 2. The number of rotatable bonds is 6. The van der Waals surface area contributed by atoms with Gasteiger partial charge in [-0.2, -0.15) is 0 Å². The Morgan fingerprint density at radius 2 is 1.46 bits per heavy atom. The lowest BCUT2D eigenvalue weighted by Crippen LogP contribution is -2.42. The second-order valence-electron chi connectivity index (χ2n) is 4.15. The largest absolute Gasteiger partial charge is 0.377 e. The van der Waals surface area contributed by atoms with Gasteiger partial charge in [-0.05, 0) is 41.5 Å². The van der Waals surface area contributed by atoms with Gasteiger partial charge in [-0.1, -0.05) is 0 Å². The average Bonchev–Trinajstić information content (AvgIpc) is 1.99. The van der Waals surface area contributed by atoms with E-state index in [1.807, 2.05) is 6.92 Å². The first-order valence-electron chi connectivity index (χ1n) is 5.36. The molecule has 0 aromatic heterocycles. The summed E-state index contributed by atoms with van der Waals surface area (Å²) in [4.78, 5) is 2.46. The molecule has 0 saturated heterocycles. The standard InChI is InChI=1S/C11H25NO/c1-7-13-11(6)8-12(9(2)3)10(4)5/h9-11H,7-8H2,1-6H3. The summed E-state index contributed by atoms with van der Waals surface area (Å²) in [6.45, 7) is 15.0. The van der Waals surface area contributed by atoms with Crippen molar-refractivity contribution in [3.63, 3.8) is 0 Å². The molecule has 80 valence electrons. The molecule has 0 aliphatic rings. The van der Waals surface area contributed by atoms with Crippen molar-refractivity contribution < 1.29 is 4.74 Å². The molecule has 0 bridgehead atoms. The van der Waals surface area contributed by atoms with Crippen molar-refractivity contribution in [2.45, 2.75) is 59.7 Å². The number of ether oxygens (including phenoxy) is 1. The van der Waals surface area contributed by atoms with E-state index in [0.717, 1.165) is 13.2 Å². The van der Waals surface area contributed by atoms with Crippen molar-refractivity contribution in [2.75, 3.05) is 13.2 Å². The van der Waals surface area contributed by atoms with Gasteiger partial charge in [0.2, 0.25) is 0 Å². The SMILES string of the molecule is CCOC(C)CN(C(C)C)C(C)C. The van der Waals surface area contributed by atoms with Crippen LogP contribution in [-0.2, 0) is 4.74 Å². The number of hydrogen-bond donors (Lipinski definition) is 0. The zero-order valence-corrected chi connectivity index (χ0v) is 10.0. The average molecular weight is 187 g/mol. The van der Waals surface area contributed by atoms with Gasteiger partial charge in [0.05, 0.1) is 6.10 Å². The van der Waals surface area contributed by atoms with Gasteiger partial charge in [0, 0.05) is 25.2 Å². The summed E-state index contributed by atoms with van der Waals surface area (Å²) in [5.74, 6) is 0. The van der Waals surface area contributed by atoms with Crippen LogP contribution in [0, 0.1) is 0 Å². The van der Waals surface area contributed by atoms with Crippen LogP contribution in [0.3, 0.4) is 0 Å². The fourth-order valence-electron chi connectivity index (χ4n) is 1.65. The van der Waals surface area contributed by atoms with Crippen LogP contribution >= 0.6 is 0 Å². The Kier molecular flexibility index (Phi) is 6.35. The van der Waals surface area contributed by atoms with E-state index in [4.69, 9.17) is 4.74 Å². The summed E-state index contributed by atoms with van der Waals surface area (Å²) < 4.78 is 5.53. The van der Waals surface area contributed by atoms with Gasteiger partial charge in [0.25, 0.3) is 0 Å². The van der Waals surface area contributed by atoms with Crippen LogP contribution in [0.15, 0.2) is 0 Å². The van der Waals surface area contributed by atoms with E-state index in [1.165, 1.54) is 0 Å². The molecule has 0 saturated carbocycles. The van der Waals surface area contributed by atoms with Crippen LogP contribution in [-0.4, -0.2) is 36.2 Å². The lowest BCUT2D eigenvalue weighted by atomic mass is 10.2. The van der Waals surface area contributed by atoms with Crippen LogP contribution in [0.1, 0.15) is 41.5 Å². The van der Waals surface area contributed by atoms with Crippen molar-refractivity contribution in [3.8, 4) is 0 Å². The Morgan fingerprint density at radius 3 is 1.77 bits per heavy atom. The molecule has 1 unspecified atom stereocenters. The van der Waals surface area contributed by atoms with Gasteiger partial charge in [-0.25, -0.2) is 0 Å². The molecular weight excluding hydrogens is 162 g/mol. The highest BCUT2D eigenvalue weighted by atomic mass is 16.5. The van der Waals surface area contributed by atoms with Crippen molar-refractivity contribution in [2.24, 2.45) is 0 Å². The molecule has 1 atom stereocenters. The van der Waals surface area contributed by atoms with Gasteiger partial charge in [-0.3, -0.25) is 4.90 Å². The Labute approximate surface area is 83.3 Å². The lowest BCUT2D eigenvalue weighted by molar-refractivity contribution is 0.0271. The molecule has 2 nitrogen and oxygen atoms in total. The molecule has 0 aromatic rings. The van der Waals surface area contributed by atoms with Crippen LogP contribution < -0.4 is 0 Å². The van der Waals surface area contributed by atoms with E-state index in [1.54, 1.807) is 0 Å². The fraction of sp³-hybridized carbons (Fsp3) is 1.00. The third-order valence-corrected chi connectivity index (χ3v) is 2.25. The predicted octanol–water partition coefficient (Wildman–Crippen LogP) is 2.53. The predicted molar refractivity (Wildman–Crippen MR) is 58.1 cm³/mol. The van der Waals surface area contributed by atoms with Gasteiger partial charge < -0.3 is 4.74 Å². The summed E-state index contributed by atoms with van der Waals surface area (Å²) >= 11 is 0. The molecule has 0 N–H and O–H groups in total. The van der Waals surface area contributed by atoms with E-state index in [-0.39, 0.29) is 0 Å². The molecule has 0 amide bonds. The molecule has 13 heavy (non-hydrogen) atoms. The van der Waals surface area contributed by atoms with Gasteiger partial charge >= 0.3 is 0 Å². The minimum Gasteiger partial charge on any atom is -0.377 e. The summed E-state index contributed by atoms with van der Waals surface area (Å²) in [6.07, 6.45) is 0.342. The molecule has 2 heteroatoms. The van der Waals surface area contributed by atoms with Crippen molar-refractivity contribution in [1.82, 2.24) is 4.90 Å². The van der Waals surface area contributed by atoms with Crippen molar-refractivity contribution in [3.05, 3.63) is 0 Å². The summed E-state index contributed by atoms with van der Waals surface area (Å²) in [6, 6.07) is 1.20. The van der Waals surface area contributed by atoms with Crippen LogP contribution in [0.4, 0.5) is 0 Å². The molecule has 0 heterocycles. The summed E-state index contributed by atoms with van der Waals surface area (Å²) in [5.41, 5.74) is 0. The maximum absolute atomic E-state index is 5.53. The van der Waals surface area contributed by atoms with Crippen LogP contribution in [0.25, 0.3) is 0 Å². The number of nitrogens with zero attached hydrogens (tertiary/aromatic N) is 1. The topological polar surface area (TPSA) is 12.5 Å². The normalized spacial score (nSPS) is 14.5. The van der Waals surface area contributed by atoms with E-state index in [9.17, 15) is 0 Å². The monoisotopic (exact) mass is 187 g/mol. The highest BCUT2D eigenvalue weighted by molar-refractivity contribution is 4.70. The molecule has 0 aliphatic carbocycles. The Balaban J connectivity index is 3.94. The first kappa shape index (κ1) is 12.9. The third kappa shape index (κ3) is 5.27. The zero-order chi connectivity index (χ0) is 10.4. The minimum absolute atomic E-state index is 0.342. The highest BCUT2D eigenvalue weighted by Gasteiger charge is 2.16. The van der Waals surface area contributed by atoms with E-state index >= 15 is 0 Å². The first-order valence-corrected chi connectivity index (χ1v) is 5.36. The molecule has 0 rings (SSSR count).